The van der Waals surface area contributed by atoms with Gasteiger partial charge in [0.05, 0.1) is 12.8 Å². The molecule has 116 valence electrons. The Bertz CT molecular complexity index is 654. The van der Waals surface area contributed by atoms with Gasteiger partial charge >= 0.3 is 0 Å². The van der Waals surface area contributed by atoms with E-state index in [1.807, 2.05) is 35.6 Å². The lowest BCUT2D eigenvalue weighted by Gasteiger charge is -2.26. The smallest absolute Gasteiger partial charge is 0.225 e. The highest BCUT2D eigenvalue weighted by molar-refractivity contribution is 7.10. The molecule has 0 fully saturated rings. The SMILES string of the molecule is COc1ccccc1NC(=O)CCN1CCc2sccc2C1. The van der Waals surface area contributed by atoms with Crippen LogP contribution in [0.15, 0.2) is 35.7 Å². The Balaban J connectivity index is 1.51. The zero-order valence-electron chi connectivity index (χ0n) is 12.7. The molecule has 1 amide bonds. The first-order valence-electron chi connectivity index (χ1n) is 7.47. The number of benzene rings is 1. The number of nitrogens with zero attached hydrogens (tertiary/aromatic N) is 1. The van der Waals surface area contributed by atoms with Gasteiger partial charge in [-0.1, -0.05) is 12.1 Å². The van der Waals surface area contributed by atoms with Crippen molar-refractivity contribution in [3.8, 4) is 5.75 Å². The number of methoxy groups -OCH3 is 1. The van der Waals surface area contributed by atoms with E-state index in [1.165, 1.54) is 10.4 Å². The lowest BCUT2D eigenvalue weighted by atomic mass is 10.1. The maximum Gasteiger partial charge on any atom is 0.225 e. The second-order valence-corrected chi connectivity index (χ2v) is 6.39. The van der Waals surface area contributed by atoms with Crippen molar-refractivity contribution in [1.82, 2.24) is 4.90 Å². The molecule has 0 radical (unpaired) electrons. The van der Waals surface area contributed by atoms with Gasteiger partial charge in [0.2, 0.25) is 5.91 Å². The maximum atomic E-state index is 12.1. The molecule has 22 heavy (non-hydrogen) atoms. The molecule has 0 saturated heterocycles. The summed E-state index contributed by atoms with van der Waals surface area (Å²) in [4.78, 5) is 16.0. The Morgan fingerprint density at radius 1 is 1.36 bits per heavy atom. The Morgan fingerprint density at radius 3 is 3.09 bits per heavy atom. The van der Waals surface area contributed by atoms with Gasteiger partial charge in [0.15, 0.2) is 0 Å². The van der Waals surface area contributed by atoms with Crippen LogP contribution in [-0.4, -0.2) is 31.0 Å². The zero-order chi connectivity index (χ0) is 15.4. The van der Waals surface area contributed by atoms with Crippen LogP contribution < -0.4 is 10.1 Å². The van der Waals surface area contributed by atoms with Crippen molar-refractivity contribution in [2.45, 2.75) is 19.4 Å². The fourth-order valence-electron chi connectivity index (χ4n) is 2.72. The average molecular weight is 316 g/mol. The largest absolute Gasteiger partial charge is 0.495 e. The Hall–Kier alpha value is -1.85. The molecule has 0 saturated carbocycles. The van der Waals surface area contributed by atoms with Crippen LogP contribution in [-0.2, 0) is 17.8 Å². The van der Waals surface area contributed by atoms with E-state index in [0.29, 0.717) is 12.2 Å². The zero-order valence-corrected chi connectivity index (χ0v) is 13.5. The predicted molar refractivity (Wildman–Crippen MR) is 89.5 cm³/mol. The highest BCUT2D eigenvalue weighted by atomic mass is 32.1. The third-order valence-corrected chi connectivity index (χ3v) is 4.95. The highest BCUT2D eigenvalue weighted by Crippen LogP contribution is 2.25. The molecule has 4 nitrogen and oxygen atoms in total. The van der Waals surface area contributed by atoms with Crippen LogP contribution in [0.5, 0.6) is 5.75 Å². The summed E-state index contributed by atoms with van der Waals surface area (Å²) in [7, 11) is 1.61. The van der Waals surface area contributed by atoms with E-state index >= 15 is 0 Å². The summed E-state index contributed by atoms with van der Waals surface area (Å²) in [5, 5.41) is 5.08. The molecule has 1 aromatic heterocycles. The number of ether oxygens (including phenoxy) is 1. The van der Waals surface area contributed by atoms with Crippen LogP contribution in [0.1, 0.15) is 16.9 Å². The molecule has 5 heteroatoms. The van der Waals surface area contributed by atoms with Crippen molar-refractivity contribution in [2.75, 3.05) is 25.5 Å². The number of thiophene rings is 1. The second-order valence-electron chi connectivity index (χ2n) is 5.39. The van der Waals surface area contributed by atoms with E-state index in [2.05, 4.69) is 21.7 Å². The fraction of sp³-hybridized carbons (Fsp3) is 0.353. The van der Waals surface area contributed by atoms with Gasteiger partial charge < -0.3 is 10.1 Å². The summed E-state index contributed by atoms with van der Waals surface area (Å²) >= 11 is 1.84. The number of nitrogens with one attached hydrogen (secondary N) is 1. The van der Waals surface area contributed by atoms with Crippen LogP contribution in [0.25, 0.3) is 0 Å². The number of rotatable bonds is 5. The van der Waals surface area contributed by atoms with Gasteiger partial charge in [-0.15, -0.1) is 11.3 Å². The maximum absolute atomic E-state index is 12.1. The summed E-state index contributed by atoms with van der Waals surface area (Å²) in [6.45, 7) is 2.78. The molecule has 0 bridgehead atoms. The molecule has 0 spiro atoms. The summed E-state index contributed by atoms with van der Waals surface area (Å²) in [5.74, 6) is 0.720. The number of para-hydroxylation sites is 2. The second kappa shape index (κ2) is 6.94. The van der Waals surface area contributed by atoms with Crippen molar-refractivity contribution in [1.29, 1.82) is 0 Å². The molecular weight excluding hydrogens is 296 g/mol. The monoisotopic (exact) mass is 316 g/mol. The standard InChI is InChI=1S/C17H20N2O2S/c1-21-15-5-3-2-4-14(15)18-17(20)7-10-19-9-6-16-13(12-19)8-11-22-16/h2-5,8,11H,6-7,9-10,12H2,1H3,(H,18,20). The van der Waals surface area contributed by atoms with Crippen LogP contribution in [0.2, 0.25) is 0 Å². The number of amides is 1. The third kappa shape index (κ3) is 3.48. The number of anilines is 1. The molecule has 2 heterocycles. The van der Waals surface area contributed by atoms with Crippen LogP contribution in [0.4, 0.5) is 5.69 Å². The number of carbonyl (C=O) groups excluding carboxylic acids is 1. The lowest BCUT2D eigenvalue weighted by Crippen LogP contribution is -2.32. The molecular formula is C17H20N2O2S. The van der Waals surface area contributed by atoms with Gasteiger partial charge in [-0.2, -0.15) is 0 Å². The summed E-state index contributed by atoms with van der Waals surface area (Å²) in [5.41, 5.74) is 2.15. The topological polar surface area (TPSA) is 41.6 Å². The number of carbonyl (C=O) groups is 1. The average Bonchev–Trinajstić information content (AvgIpc) is 3.01. The molecule has 1 aliphatic rings. The predicted octanol–water partition coefficient (Wildman–Crippen LogP) is 3.14. The van der Waals surface area contributed by atoms with E-state index in [-0.39, 0.29) is 5.91 Å². The molecule has 2 aromatic rings. The number of fused-ring (bicyclic) bond motifs is 1. The van der Waals surface area contributed by atoms with Gasteiger partial charge in [-0.05, 0) is 35.6 Å². The van der Waals surface area contributed by atoms with Crippen molar-refractivity contribution in [3.63, 3.8) is 0 Å². The minimum atomic E-state index is 0.0283. The Morgan fingerprint density at radius 2 is 2.23 bits per heavy atom. The number of hydrogen-bond acceptors (Lipinski definition) is 4. The first-order valence-corrected chi connectivity index (χ1v) is 8.34. The molecule has 0 aliphatic carbocycles. The van der Waals surface area contributed by atoms with Crippen molar-refractivity contribution >= 4 is 22.9 Å². The van der Waals surface area contributed by atoms with Crippen LogP contribution >= 0.6 is 11.3 Å². The lowest BCUT2D eigenvalue weighted by molar-refractivity contribution is -0.116. The van der Waals surface area contributed by atoms with E-state index < -0.39 is 0 Å². The number of hydrogen-bond donors (Lipinski definition) is 1. The quantitative estimate of drug-likeness (QED) is 0.921. The molecule has 3 rings (SSSR count). The van der Waals surface area contributed by atoms with E-state index in [9.17, 15) is 4.79 Å². The Labute approximate surface area is 134 Å². The van der Waals surface area contributed by atoms with Crippen molar-refractivity contribution < 1.29 is 9.53 Å². The first kappa shape index (κ1) is 15.1. The molecule has 1 aromatic carbocycles. The molecule has 1 N–H and O–H groups in total. The van der Waals surface area contributed by atoms with Crippen LogP contribution in [0, 0.1) is 0 Å². The van der Waals surface area contributed by atoms with E-state index in [4.69, 9.17) is 4.74 Å². The third-order valence-electron chi connectivity index (χ3n) is 3.92. The van der Waals surface area contributed by atoms with Crippen molar-refractivity contribution in [2.24, 2.45) is 0 Å². The summed E-state index contributed by atoms with van der Waals surface area (Å²) in [6, 6.07) is 9.68. The highest BCUT2D eigenvalue weighted by Gasteiger charge is 2.17. The van der Waals surface area contributed by atoms with E-state index in [0.717, 1.165) is 31.7 Å². The molecule has 0 atom stereocenters. The van der Waals surface area contributed by atoms with Gasteiger partial charge in [-0.3, -0.25) is 9.69 Å². The molecule has 1 aliphatic heterocycles. The van der Waals surface area contributed by atoms with E-state index in [1.54, 1.807) is 7.11 Å². The summed E-state index contributed by atoms with van der Waals surface area (Å²) < 4.78 is 5.25. The first-order chi connectivity index (χ1) is 10.8. The fourth-order valence-corrected chi connectivity index (χ4v) is 3.61. The van der Waals surface area contributed by atoms with Gasteiger partial charge in [0.25, 0.3) is 0 Å². The minimum absolute atomic E-state index is 0.0283. The normalized spacial score (nSPS) is 14.4. The summed E-state index contributed by atoms with van der Waals surface area (Å²) in [6.07, 6.45) is 1.60. The van der Waals surface area contributed by atoms with Gasteiger partial charge in [0, 0.05) is 30.9 Å². The van der Waals surface area contributed by atoms with Crippen LogP contribution in [0.3, 0.4) is 0 Å². The van der Waals surface area contributed by atoms with Gasteiger partial charge in [0.1, 0.15) is 5.75 Å². The van der Waals surface area contributed by atoms with Gasteiger partial charge in [-0.25, -0.2) is 0 Å². The minimum Gasteiger partial charge on any atom is -0.495 e. The molecule has 0 unspecified atom stereocenters. The van der Waals surface area contributed by atoms with Crippen molar-refractivity contribution in [3.05, 3.63) is 46.2 Å². The Kier molecular flexibility index (Phi) is 4.75.